The molecule has 2 aromatic carbocycles. The minimum atomic E-state index is -3.49. The molecule has 2 aromatic rings. The van der Waals surface area contributed by atoms with Gasteiger partial charge in [-0.25, -0.2) is 8.42 Å². The van der Waals surface area contributed by atoms with Crippen molar-refractivity contribution in [2.24, 2.45) is 0 Å². The molecule has 20 heavy (non-hydrogen) atoms. The highest BCUT2D eigenvalue weighted by molar-refractivity contribution is 7.93. The predicted octanol–water partition coefficient (Wildman–Crippen LogP) is 3.44. The Labute approximate surface area is 119 Å². The standard InChI is InChI=1S/C16H17NO2S/c1-12-9-10-15-14(11-12)16(2,3)17(20(15,18)19)13-7-5-4-6-8-13/h4-11H,1-3H3. The smallest absolute Gasteiger partial charge is 0.256 e. The summed E-state index contributed by atoms with van der Waals surface area (Å²) in [5.41, 5.74) is 2.05. The molecule has 1 heterocycles. The van der Waals surface area contributed by atoms with Crippen LogP contribution >= 0.6 is 0 Å². The molecule has 0 radical (unpaired) electrons. The van der Waals surface area contributed by atoms with Crippen molar-refractivity contribution in [3.63, 3.8) is 0 Å². The number of hydrogen-bond donors (Lipinski definition) is 0. The summed E-state index contributed by atoms with van der Waals surface area (Å²) in [4.78, 5) is 0.414. The van der Waals surface area contributed by atoms with Gasteiger partial charge < -0.3 is 0 Å². The predicted molar refractivity (Wildman–Crippen MR) is 80.3 cm³/mol. The highest BCUT2D eigenvalue weighted by Crippen LogP contribution is 2.46. The highest BCUT2D eigenvalue weighted by atomic mass is 32.2. The Morgan fingerprint density at radius 2 is 1.65 bits per heavy atom. The van der Waals surface area contributed by atoms with Crippen LogP contribution in [0.15, 0.2) is 53.4 Å². The molecule has 0 aliphatic carbocycles. The van der Waals surface area contributed by atoms with Crippen LogP contribution in [0.5, 0.6) is 0 Å². The zero-order valence-corrected chi connectivity index (χ0v) is 12.6. The van der Waals surface area contributed by atoms with Crippen LogP contribution < -0.4 is 4.31 Å². The van der Waals surface area contributed by atoms with E-state index in [-0.39, 0.29) is 0 Å². The van der Waals surface area contributed by atoms with Gasteiger partial charge in [0, 0.05) is 0 Å². The average Bonchev–Trinajstić information content (AvgIpc) is 2.53. The summed E-state index contributed by atoms with van der Waals surface area (Å²) in [6.07, 6.45) is 0. The first kappa shape index (κ1) is 13.2. The Bertz CT molecular complexity index is 764. The van der Waals surface area contributed by atoms with Crippen molar-refractivity contribution >= 4 is 15.7 Å². The molecule has 0 saturated heterocycles. The maximum atomic E-state index is 12.8. The number of benzene rings is 2. The van der Waals surface area contributed by atoms with E-state index in [1.807, 2.05) is 63.2 Å². The number of fused-ring (bicyclic) bond motifs is 1. The van der Waals surface area contributed by atoms with Gasteiger partial charge in [-0.1, -0.05) is 35.9 Å². The molecule has 0 N–H and O–H groups in total. The van der Waals surface area contributed by atoms with E-state index in [1.54, 1.807) is 6.07 Å². The Kier molecular flexibility index (Phi) is 2.70. The molecule has 1 aliphatic heterocycles. The van der Waals surface area contributed by atoms with E-state index in [1.165, 1.54) is 4.31 Å². The first-order valence-corrected chi connectivity index (χ1v) is 8.01. The lowest BCUT2D eigenvalue weighted by Gasteiger charge is -2.32. The van der Waals surface area contributed by atoms with Gasteiger partial charge >= 0.3 is 0 Å². The Balaban J connectivity index is 2.30. The number of para-hydroxylation sites is 1. The van der Waals surface area contributed by atoms with Crippen LogP contribution in [-0.2, 0) is 15.6 Å². The third kappa shape index (κ3) is 1.68. The number of hydrogen-bond acceptors (Lipinski definition) is 2. The maximum Gasteiger partial charge on any atom is 0.265 e. The second-order valence-electron chi connectivity index (χ2n) is 5.66. The fourth-order valence-corrected chi connectivity index (χ4v) is 5.00. The molecule has 0 fully saturated rings. The van der Waals surface area contributed by atoms with E-state index in [0.717, 1.165) is 11.1 Å². The zero-order valence-electron chi connectivity index (χ0n) is 11.8. The summed E-state index contributed by atoms with van der Waals surface area (Å²) in [7, 11) is -3.49. The summed E-state index contributed by atoms with van der Waals surface area (Å²) in [5, 5.41) is 0. The molecule has 0 bridgehead atoms. The van der Waals surface area contributed by atoms with Crippen molar-refractivity contribution in [2.45, 2.75) is 31.2 Å². The van der Waals surface area contributed by atoms with Gasteiger partial charge in [-0.2, -0.15) is 0 Å². The topological polar surface area (TPSA) is 37.4 Å². The summed E-state index contributed by atoms with van der Waals surface area (Å²) < 4.78 is 27.2. The van der Waals surface area contributed by atoms with Crippen LogP contribution in [0.2, 0.25) is 0 Å². The number of rotatable bonds is 1. The van der Waals surface area contributed by atoms with Gasteiger partial charge in [-0.15, -0.1) is 0 Å². The van der Waals surface area contributed by atoms with Crippen molar-refractivity contribution in [1.82, 2.24) is 0 Å². The fourth-order valence-electron chi connectivity index (χ4n) is 2.88. The SMILES string of the molecule is Cc1ccc2c(c1)C(C)(C)N(c1ccccc1)S2(=O)=O. The van der Waals surface area contributed by atoms with Crippen LogP contribution in [0.1, 0.15) is 25.0 Å². The van der Waals surface area contributed by atoms with E-state index in [2.05, 4.69) is 0 Å². The fraction of sp³-hybridized carbons (Fsp3) is 0.250. The average molecular weight is 287 g/mol. The molecular formula is C16H17NO2S. The van der Waals surface area contributed by atoms with Crippen LogP contribution in [0.25, 0.3) is 0 Å². The molecule has 0 saturated carbocycles. The molecule has 3 rings (SSSR count). The quantitative estimate of drug-likeness (QED) is 0.805. The van der Waals surface area contributed by atoms with Crippen molar-refractivity contribution in [3.05, 3.63) is 59.7 Å². The van der Waals surface area contributed by atoms with Crippen molar-refractivity contribution in [1.29, 1.82) is 0 Å². The molecule has 1 aliphatic rings. The third-order valence-electron chi connectivity index (χ3n) is 3.81. The number of sulfonamides is 1. The summed E-state index contributed by atoms with van der Waals surface area (Å²) in [5.74, 6) is 0. The lowest BCUT2D eigenvalue weighted by atomic mass is 9.92. The van der Waals surface area contributed by atoms with E-state index < -0.39 is 15.6 Å². The van der Waals surface area contributed by atoms with Gasteiger partial charge in [0.15, 0.2) is 0 Å². The highest BCUT2D eigenvalue weighted by Gasteiger charge is 2.48. The normalized spacial score (nSPS) is 18.9. The zero-order chi connectivity index (χ0) is 14.5. The molecule has 0 amide bonds. The van der Waals surface area contributed by atoms with E-state index in [0.29, 0.717) is 10.6 Å². The van der Waals surface area contributed by atoms with Gasteiger partial charge in [0.2, 0.25) is 0 Å². The monoisotopic (exact) mass is 287 g/mol. The lowest BCUT2D eigenvalue weighted by molar-refractivity contribution is 0.543. The third-order valence-corrected chi connectivity index (χ3v) is 5.87. The summed E-state index contributed by atoms with van der Waals surface area (Å²) in [6, 6.07) is 14.8. The molecule has 3 nitrogen and oxygen atoms in total. The number of anilines is 1. The molecule has 0 aromatic heterocycles. The van der Waals surface area contributed by atoms with Crippen LogP contribution in [0.4, 0.5) is 5.69 Å². The Morgan fingerprint density at radius 3 is 2.30 bits per heavy atom. The van der Waals surface area contributed by atoms with Gasteiger partial charge in [-0.3, -0.25) is 4.31 Å². The Hall–Kier alpha value is -1.81. The first-order chi connectivity index (χ1) is 9.35. The second kappa shape index (κ2) is 4.09. The second-order valence-corrected chi connectivity index (χ2v) is 7.42. The van der Waals surface area contributed by atoms with Crippen molar-refractivity contribution < 1.29 is 8.42 Å². The van der Waals surface area contributed by atoms with E-state index >= 15 is 0 Å². The molecular weight excluding hydrogens is 270 g/mol. The summed E-state index contributed by atoms with van der Waals surface area (Å²) in [6.45, 7) is 5.87. The van der Waals surface area contributed by atoms with Gasteiger partial charge in [0.25, 0.3) is 10.0 Å². The van der Waals surface area contributed by atoms with Crippen LogP contribution in [0.3, 0.4) is 0 Å². The lowest BCUT2D eigenvalue weighted by Crippen LogP contribution is -2.39. The Morgan fingerprint density at radius 1 is 1.00 bits per heavy atom. The number of aryl methyl sites for hydroxylation is 1. The van der Waals surface area contributed by atoms with Gasteiger partial charge in [0.05, 0.1) is 16.1 Å². The minimum absolute atomic E-state index is 0.414. The van der Waals surface area contributed by atoms with Crippen LogP contribution in [-0.4, -0.2) is 8.42 Å². The minimum Gasteiger partial charge on any atom is -0.256 e. The molecule has 104 valence electrons. The molecule has 0 unspecified atom stereocenters. The largest absolute Gasteiger partial charge is 0.265 e. The number of nitrogens with zero attached hydrogens (tertiary/aromatic N) is 1. The summed E-state index contributed by atoms with van der Waals surface area (Å²) >= 11 is 0. The van der Waals surface area contributed by atoms with Crippen molar-refractivity contribution in [2.75, 3.05) is 4.31 Å². The van der Waals surface area contributed by atoms with Gasteiger partial charge in [0.1, 0.15) is 0 Å². The van der Waals surface area contributed by atoms with Crippen LogP contribution in [0, 0.1) is 6.92 Å². The van der Waals surface area contributed by atoms with E-state index in [4.69, 9.17) is 0 Å². The van der Waals surface area contributed by atoms with Gasteiger partial charge in [-0.05, 0) is 44.5 Å². The maximum absolute atomic E-state index is 12.8. The first-order valence-electron chi connectivity index (χ1n) is 6.57. The molecule has 4 heteroatoms. The van der Waals surface area contributed by atoms with Crippen molar-refractivity contribution in [3.8, 4) is 0 Å². The molecule has 0 spiro atoms. The molecule has 0 atom stereocenters. The van der Waals surface area contributed by atoms with E-state index in [9.17, 15) is 8.42 Å².